The second-order valence-corrected chi connectivity index (χ2v) is 5.68. The Morgan fingerprint density at radius 1 is 1.41 bits per heavy atom. The predicted molar refractivity (Wildman–Crippen MR) is 84.2 cm³/mol. The van der Waals surface area contributed by atoms with E-state index in [-0.39, 0.29) is 11.7 Å². The summed E-state index contributed by atoms with van der Waals surface area (Å²) in [5.41, 5.74) is 2.52. The number of hydrogen-bond donors (Lipinski definition) is 1. The molecule has 0 spiro atoms. The highest BCUT2D eigenvalue weighted by atomic mass is 32.2. The van der Waals surface area contributed by atoms with Crippen molar-refractivity contribution in [2.45, 2.75) is 18.9 Å². The maximum absolute atomic E-state index is 13.1. The lowest BCUT2D eigenvalue weighted by Gasteiger charge is -2.08. The summed E-state index contributed by atoms with van der Waals surface area (Å²) in [6.45, 7) is 3.68. The van der Waals surface area contributed by atoms with Crippen molar-refractivity contribution >= 4 is 23.4 Å². The minimum atomic E-state index is -0.409. The van der Waals surface area contributed by atoms with Gasteiger partial charge in [-0.05, 0) is 43.7 Å². The van der Waals surface area contributed by atoms with Gasteiger partial charge in [-0.3, -0.25) is 4.79 Å². The zero-order valence-corrected chi connectivity index (χ0v) is 13.0. The van der Waals surface area contributed by atoms with Crippen molar-refractivity contribution in [2.24, 2.45) is 0 Å². The van der Waals surface area contributed by atoms with Gasteiger partial charge in [0.1, 0.15) is 16.9 Å². The number of nitrogens with one attached hydrogen (secondary N) is 1. The molecule has 6 heteroatoms. The highest BCUT2D eigenvalue weighted by Crippen LogP contribution is 2.23. The molecule has 0 bridgehead atoms. The largest absolute Gasteiger partial charge is 0.325 e. The summed E-state index contributed by atoms with van der Waals surface area (Å²) in [6.07, 6.45) is 0. The standard InChI is InChI=1S/C16H14FN3OS/c1-10-6-11(2)19-16(14(10)8-18)22-9-15(21)20-13-5-3-4-12(17)7-13/h3-7H,9H2,1-2H3,(H,20,21). The summed E-state index contributed by atoms with van der Waals surface area (Å²) >= 11 is 1.19. The first-order chi connectivity index (χ1) is 10.5. The quantitative estimate of drug-likeness (QED) is 0.878. The Morgan fingerprint density at radius 2 is 2.18 bits per heavy atom. The van der Waals surface area contributed by atoms with E-state index in [0.717, 1.165) is 11.3 Å². The van der Waals surface area contributed by atoms with Gasteiger partial charge in [-0.25, -0.2) is 9.37 Å². The van der Waals surface area contributed by atoms with E-state index in [1.807, 2.05) is 19.9 Å². The molecule has 1 N–H and O–H groups in total. The van der Waals surface area contributed by atoms with Crippen molar-refractivity contribution in [1.29, 1.82) is 5.26 Å². The summed E-state index contributed by atoms with van der Waals surface area (Å²) in [7, 11) is 0. The van der Waals surface area contributed by atoms with Crippen molar-refractivity contribution in [3.05, 3.63) is 53.0 Å². The molecule has 1 amide bonds. The van der Waals surface area contributed by atoms with Crippen molar-refractivity contribution in [3.63, 3.8) is 0 Å². The molecule has 0 saturated carbocycles. The van der Waals surface area contributed by atoms with Gasteiger partial charge in [0, 0.05) is 11.4 Å². The van der Waals surface area contributed by atoms with E-state index in [4.69, 9.17) is 0 Å². The highest BCUT2D eigenvalue weighted by molar-refractivity contribution is 8.00. The molecule has 0 aliphatic carbocycles. The molecule has 0 aliphatic rings. The lowest BCUT2D eigenvalue weighted by Crippen LogP contribution is -2.14. The van der Waals surface area contributed by atoms with Gasteiger partial charge in [0.05, 0.1) is 11.3 Å². The molecule has 1 aromatic carbocycles. The normalized spacial score (nSPS) is 10.1. The van der Waals surface area contributed by atoms with Crippen LogP contribution in [0.5, 0.6) is 0 Å². The van der Waals surface area contributed by atoms with E-state index in [0.29, 0.717) is 16.3 Å². The van der Waals surface area contributed by atoms with Crippen molar-refractivity contribution in [1.82, 2.24) is 4.98 Å². The molecule has 4 nitrogen and oxygen atoms in total. The molecule has 0 saturated heterocycles. The van der Waals surface area contributed by atoms with Gasteiger partial charge >= 0.3 is 0 Å². The van der Waals surface area contributed by atoms with Gasteiger partial charge in [0.25, 0.3) is 0 Å². The third kappa shape index (κ3) is 4.06. The number of aryl methyl sites for hydroxylation is 2. The molecule has 0 atom stereocenters. The maximum atomic E-state index is 13.1. The minimum absolute atomic E-state index is 0.0983. The molecule has 2 aromatic rings. The van der Waals surface area contributed by atoms with E-state index in [9.17, 15) is 14.4 Å². The van der Waals surface area contributed by atoms with E-state index in [2.05, 4.69) is 16.4 Å². The van der Waals surface area contributed by atoms with Crippen molar-refractivity contribution < 1.29 is 9.18 Å². The number of nitriles is 1. The van der Waals surface area contributed by atoms with Crippen molar-refractivity contribution in [3.8, 4) is 6.07 Å². The monoisotopic (exact) mass is 315 g/mol. The summed E-state index contributed by atoms with van der Waals surface area (Å²) in [4.78, 5) is 16.2. The Labute approximate surface area is 132 Å². The average molecular weight is 315 g/mol. The van der Waals surface area contributed by atoms with Crippen LogP contribution in [0.25, 0.3) is 0 Å². The number of halogens is 1. The number of carbonyl (C=O) groups excluding carboxylic acids is 1. The van der Waals surface area contributed by atoms with Crippen LogP contribution in [0, 0.1) is 31.0 Å². The van der Waals surface area contributed by atoms with Crippen LogP contribution in [0.3, 0.4) is 0 Å². The Balaban J connectivity index is 2.04. The molecule has 0 aliphatic heterocycles. The first-order valence-corrected chi connectivity index (χ1v) is 7.54. The number of amides is 1. The number of anilines is 1. The lowest BCUT2D eigenvalue weighted by molar-refractivity contribution is -0.113. The summed E-state index contributed by atoms with van der Waals surface area (Å²) in [6, 6.07) is 9.63. The van der Waals surface area contributed by atoms with E-state index in [1.165, 1.54) is 30.0 Å². The Morgan fingerprint density at radius 3 is 2.86 bits per heavy atom. The topological polar surface area (TPSA) is 65.8 Å². The van der Waals surface area contributed by atoms with Crippen LogP contribution in [0.15, 0.2) is 35.4 Å². The number of rotatable bonds is 4. The smallest absolute Gasteiger partial charge is 0.234 e. The van der Waals surface area contributed by atoms with Crippen molar-refractivity contribution in [2.75, 3.05) is 11.1 Å². The molecule has 0 radical (unpaired) electrons. The fraction of sp³-hybridized carbons (Fsp3) is 0.188. The molecule has 0 fully saturated rings. The number of pyridine rings is 1. The Kier molecular flexibility index (Phi) is 5.12. The summed E-state index contributed by atoms with van der Waals surface area (Å²) < 4.78 is 13.1. The maximum Gasteiger partial charge on any atom is 0.234 e. The molecule has 1 heterocycles. The van der Waals surface area contributed by atoms with Gasteiger partial charge in [-0.15, -0.1) is 0 Å². The fourth-order valence-corrected chi connectivity index (χ4v) is 2.84. The number of nitrogens with zero attached hydrogens (tertiary/aromatic N) is 2. The highest BCUT2D eigenvalue weighted by Gasteiger charge is 2.11. The van der Waals surface area contributed by atoms with Gasteiger partial charge < -0.3 is 5.32 Å². The minimum Gasteiger partial charge on any atom is -0.325 e. The van der Waals surface area contributed by atoms with Gasteiger partial charge in [0.2, 0.25) is 5.91 Å². The van der Waals surface area contributed by atoms with Gasteiger partial charge in [-0.1, -0.05) is 17.8 Å². The van der Waals surface area contributed by atoms with Crippen LogP contribution in [-0.2, 0) is 4.79 Å². The van der Waals surface area contributed by atoms with Crippen LogP contribution < -0.4 is 5.32 Å². The Bertz CT molecular complexity index is 756. The first kappa shape index (κ1) is 16.0. The van der Waals surface area contributed by atoms with E-state index < -0.39 is 5.82 Å². The number of carbonyl (C=O) groups is 1. The average Bonchev–Trinajstić information content (AvgIpc) is 2.44. The third-order valence-electron chi connectivity index (χ3n) is 2.87. The first-order valence-electron chi connectivity index (χ1n) is 6.56. The van der Waals surface area contributed by atoms with Gasteiger partial charge in [0.15, 0.2) is 0 Å². The molecule has 22 heavy (non-hydrogen) atoms. The van der Waals surface area contributed by atoms with Gasteiger partial charge in [-0.2, -0.15) is 5.26 Å². The van der Waals surface area contributed by atoms with E-state index >= 15 is 0 Å². The third-order valence-corrected chi connectivity index (χ3v) is 3.85. The number of aromatic nitrogens is 1. The van der Waals surface area contributed by atoms with Crippen LogP contribution in [0.4, 0.5) is 10.1 Å². The second-order valence-electron chi connectivity index (χ2n) is 4.72. The van der Waals surface area contributed by atoms with E-state index in [1.54, 1.807) is 6.07 Å². The zero-order chi connectivity index (χ0) is 16.1. The fourth-order valence-electron chi connectivity index (χ4n) is 1.94. The molecule has 0 unspecified atom stereocenters. The number of benzene rings is 1. The second kappa shape index (κ2) is 7.05. The summed E-state index contributed by atoms with van der Waals surface area (Å²) in [5, 5.41) is 12.3. The predicted octanol–water partition coefficient (Wildman–Crippen LogP) is 3.44. The molecular formula is C16H14FN3OS. The van der Waals surface area contributed by atoms with Crippen LogP contribution in [0.2, 0.25) is 0 Å². The number of hydrogen-bond acceptors (Lipinski definition) is 4. The van der Waals surface area contributed by atoms with Crippen LogP contribution in [0.1, 0.15) is 16.8 Å². The molecule has 2 rings (SSSR count). The molecule has 112 valence electrons. The molecular weight excluding hydrogens is 301 g/mol. The number of thioether (sulfide) groups is 1. The lowest BCUT2D eigenvalue weighted by atomic mass is 10.1. The molecule has 1 aromatic heterocycles. The SMILES string of the molecule is Cc1cc(C)c(C#N)c(SCC(=O)Nc2cccc(F)c2)n1. The Hall–Kier alpha value is -2.39. The summed E-state index contributed by atoms with van der Waals surface area (Å²) in [5.74, 6) is -0.588. The van der Waals surface area contributed by atoms with Crippen LogP contribution >= 0.6 is 11.8 Å². The zero-order valence-electron chi connectivity index (χ0n) is 12.2. The van der Waals surface area contributed by atoms with Crippen LogP contribution in [-0.4, -0.2) is 16.6 Å².